The molecule has 0 radical (unpaired) electrons. The van der Waals surface area contributed by atoms with Gasteiger partial charge in [-0.3, -0.25) is 4.79 Å². The fourth-order valence-electron chi connectivity index (χ4n) is 4.44. The number of carbonyl (C=O) groups is 1. The smallest absolute Gasteiger partial charge is 0.260 e. The normalized spacial score (nSPS) is 19.0. The van der Waals surface area contributed by atoms with E-state index in [1.807, 2.05) is 13.0 Å². The van der Waals surface area contributed by atoms with Crippen LogP contribution in [0, 0.1) is 0 Å². The van der Waals surface area contributed by atoms with Gasteiger partial charge in [-0.25, -0.2) is 0 Å². The molecule has 2 aromatic carbocycles. The predicted octanol–water partition coefficient (Wildman–Crippen LogP) is 6.14. The zero-order valence-electron chi connectivity index (χ0n) is 20.8. The van der Waals surface area contributed by atoms with Crippen LogP contribution in [0.25, 0.3) is 0 Å². The van der Waals surface area contributed by atoms with Gasteiger partial charge in [-0.15, -0.1) is 0 Å². The van der Waals surface area contributed by atoms with Gasteiger partial charge in [0.15, 0.2) is 0 Å². The highest BCUT2D eigenvalue weighted by molar-refractivity contribution is 6.15. The molecule has 0 saturated carbocycles. The summed E-state index contributed by atoms with van der Waals surface area (Å²) in [7, 11) is 0. The molecule has 1 atom stereocenters. The SMILES string of the molecule is CC(=CCN1C(=O)c2cccc(O)c2Nc2c(O)cc(O)cc21)CCC=C(C)CCC1OC1(C)C. The Morgan fingerprint density at radius 1 is 1.06 bits per heavy atom. The molecule has 2 aliphatic rings. The Bertz CT molecular complexity index is 1200. The predicted molar refractivity (Wildman–Crippen MR) is 138 cm³/mol. The maximum Gasteiger partial charge on any atom is 0.260 e. The molecule has 0 aliphatic carbocycles. The average molecular weight is 479 g/mol. The lowest BCUT2D eigenvalue weighted by molar-refractivity contribution is 0.0991. The van der Waals surface area contributed by atoms with Crippen molar-refractivity contribution in [2.24, 2.45) is 0 Å². The number of carbonyl (C=O) groups excluding carboxylic acids is 1. The number of amides is 1. The number of ether oxygens (including phenoxy) is 1. The summed E-state index contributed by atoms with van der Waals surface area (Å²) >= 11 is 0. The molecule has 1 unspecified atom stereocenters. The molecule has 1 amide bonds. The van der Waals surface area contributed by atoms with Crippen molar-refractivity contribution in [2.45, 2.75) is 65.1 Å². The lowest BCUT2D eigenvalue weighted by Gasteiger charge is -2.22. The lowest BCUT2D eigenvalue weighted by atomic mass is 10.0. The van der Waals surface area contributed by atoms with Crippen LogP contribution in [-0.4, -0.2) is 39.5 Å². The molecule has 1 fully saturated rings. The Morgan fingerprint density at radius 2 is 1.77 bits per heavy atom. The summed E-state index contributed by atoms with van der Waals surface area (Å²) in [6.45, 7) is 8.69. The Morgan fingerprint density at radius 3 is 2.49 bits per heavy atom. The van der Waals surface area contributed by atoms with Crippen LogP contribution in [0.2, 0.25) is 0 Å². The third-order valence-electron chi connectivity index (χ3n) is 6.76. The Hall–Kier alpha value is -3.45. The van der Waals surface area contributed by atoms with Crippen LogP contribution in [0.4, 0.5) is 17.1 Å². The van der Waals surface area contributed by atoms with Gasteiger partial charge in [-0.1, -0.05) is 29.4 Å². The standard InChI is InChI=1S/C28H34N2O5/c1-17(11-12-24-28(3,4)35-24)7-5-8-18(2)13-14-30-21-15-19(31)16-23(33)26(21)29-25-20(27(30)34)9-6-10-22(25)32/h6-7,9-10,13,15-16,24,29,31-33H,5,8,11-12,14H2,1-4H3. The van der Waals surface area contributed by atoms with E-state index in [9.17, 15) is 20.1 Å². The summed E-state index contributed by atoms with van der Waals surface area (Å²) in [6.07, 6.45) is 8.46. The van der Waals surface area contributed by atoms with Crippen LogP contribution in [0.1, 0.15) is 63.7 Å². The highest BCUT2D eigenvalue weighted by atomic mass is 16.6. The summed E-state index contributed by atoms with van der Waals surface area (Å²) in [5.41, 5.74) is 3.63. The number of hydrogen-bond donors (Lipinski definition) is 4. The van der Waals surface area contributed by atoms with Crippen molar-refractivity contribution in [3.8, 4) is 17.2 Å². The largest absolute Gasteiger partial charge is 0.508 e. The molecule has 7 nitrogen and oxygen atoms in total. The molecule has 2 heterocycles. The van der Waals surface area contributed by atoms with Gasteiger partial charge in [0, 0.05) is 18.7 Å². The van der Waals surface area contributed by atoms with Crippen molar-refractivity contribution in [3.63, 3.8) is 0 Å². The third kappa shape index (κ3) is 5.46. The summed E-state index contributed by atoms with van der Waals surface area (Å²) < 4.78 is 5.65. The van der Waals surface area contributed by atoms with Crippen molar-refractivity contribution in [1.82, 2.24) is 0 Å². The molecule has 1 saturated heterocycles. The summed E-state index contributed by atoms with van der Waals surface area (Å²) in [5, 5.41) is 33.9. The van der Waals surface area contributed by atoms with Gasteiger partial charge in [-0.2, -0.15) is 0 Å². The molecule has 0 bridgehead atoms. The number of rotatable bonds is 8. The molecule has 4 rings (SSSR count). The van der Waals surface area contributed by atoms with Gasteiger partial charge in [0.1, 0.15) is 22.9 Å². The quantitative estimate of drug-likeness (QED) is 0.157. The zero-order chi connectivity index (χ0) is 25.3. The van der Waals surface area contributed by atoms with Gasteiger partial charge in [0.2, 0.25) is 0 Å². The summed E-state index contributed by atoms with van der Waals surface area (Å²) in [4.78, 5) is 14.9. The fraction of sp³-hybridized carbons (Fsp3) is 0.393. The number of epoxide rings is 1. The minimum Gasteiger partial charge on any atom is -0.508 e. The first kappa shape index (κ1) is 24.7. The second-order valence-electron chi connectivity index (χ2n) is 9.99. The minimum absolute atomic E-state index is 0.0331. The first-order chi connectivity index (χ1) is 16.6. The highest BCUT2D eigenvalue weighted by Crippen LogP contribution is 2.45. The van der Waals surface area contributed by atoms with Gasteiger partial charge < -0.3 is 30.3 Å². The molecular formula is C28H34N2O5. The van der Waals surface area contributed by atoms with E-state index in [-0.39, 0.29) is 52.2 Å². The highest BCUT2D eigenvalue weighted by Gasteiger charge is 2.46. The van der Waals surface area contributed by atoms with E-state index in [0.717, 1.165) is 31.3 Å². The molecule has 35 heavy (non-hydrogen) atoms. The van der Waals surface area contributed by atoms with Crippen molar-refractivity contribution in [1.29, 1.82) is 0 Å². The van der Waals surface area contributed by atoms with Crippen LogP contribution >= 0.6 is 0 Å². The van der Waals surface area contributed by atoms with E-state index < -0.39 is 0 Å². The van der Waals surface area contributed by atoms with E-state index in [0.29, 0.717) is 11.8 Å². The number of phenols is 3. The second-order valence-corrected chi connectivity index (χ2v) is 9.99. The van der Waals surface area contributed by atoms with E-state index in [1.165, 1.54) is 28.7 Å². The van der Waals surface area contributed by atoms with Gasteiger partial charge in [0.05, 0.1) is 28.6 Å². The van der Waals surface area contributed by atoms with E-state index in [4.69, 9.17) is 4.74 Å². The Kier molecular flexibility index (Phi) is 6.81. The van der Waals surface area contributed by atoms with Crippen molar-refractivity contribution >= 4 is 23.0 Å². The molecular weight excluding hydrogens is 444 g/mol. The number of nitrogens with zero attached hydrogens (tertiary/aromatic N) is 1. The number of aromatic hydroxyl groups is 3. The average Bonchev–Trinajstić information content (AvgIpc) is 3.43. The van der Waals surface area contributed by atoms with Crippen molar-refractivity contribution < 1.29 is 24.9 Å². The molecule has 0 aromatic heterocycles. The zero-order valence-corrected chi connectivity index (χ0v) is 20.8. The Balaban J connectivity index is 1.47. The first-order valence-electron chi connectivity index (χ1n) is 12.0. The van der Waals surface area contributed by atoms with Gasteiger partial charge >= 0.3 is 0 Å². The topological polar surface area (TPSA) is 106 Å². The van der Waals surface area contributed by atoms with Crippen LogP contribution < -0.4 is 10.2 Å². The third-order valence-corrected chi connectivity index (χ3v) is 6.76. The molecule has 2 aliphatic heterocycles. The molecule has 0 spiro atoms. The number of benzene rings is 2. The number of para-hydroxylation sites is 1. The van der Waals surface area contributed by atoms with Crippen LogP contribution in [0.5, 0.6) is 17.2 Å². The van der Waals surface area contributed by atoms with Crippen molar-refractivity contribution in [3.05, 3.63) is 59.2 Å². The number of anilines is 3. The fourth-order valence-corrected chi connectivity index (χ4v) is 4.44. The second kappa shape index (κ2) is 9.66. The Labute approximate surface area is 206 Å². The van der Waals surface area contributed by atoms with Crippen LogP contribution in [0.15, 0.2) is 53.6 Å². The number of fused-ring (bicyclic) bond motifs is 2. The van der Waals surface area contributed by atoms with Crippen LogP contribution in [-0.2, 0) is 4.74 Å². The summed E-state index contributed by atoms with van der Waals surface area (Å²) in [6, 6.07) is 7.34. The number of phenolic OH excluding ortho intramolecular Hbond substituents is 3. The number of nitrogens with one attached hydrogen (secondary N) is 1. The number of hydrogen-bond acceptors (Lipinski definition) is 6. The maximum atomic E-state index is 13.4. The van der Waals surface area contributed by atoms with E-state index in [1.54, 1.807) is 12.1 Å². The van der Waals surface area contributed by atoms with E-state index in [2.05, 4.69) is 32.2 Å². The maximum absolute atomic E-state index is 13.4. The first-order valence-corrected chi connectivity index (χ1v) is 12.0. The molecule has 186 valence electrons. The molecule has 4 N–H and O–H groups in total. The lowest BCUT2D eigenvalue weighted by Crippen LogP contribution is -2.30. The number of allylic oxidation sites excluding steroid dienone is 3. The molecule has 7 heteroatoms. The van der Waals surface area contributed by atoms with Crippen molar-refractivity contribution in [2.75, 3.05) is 16.8 Å². The van der Waals surface area contributed by atoms with Crippen LogP contribution in [0.3, 0.4) is 0 Å². The van der Waals surface area contributed by atoms with E-state index >= 15 is 0 Å². The molecule has 2 aromatic rings. The monoisotopic (exact) mass is 478 g/mol. The van der Waals surface area contributed by atoms with Gasteiger partial charge in [0.25, 0.3) is 5.91 Å². The van der Waals surface area contributed by atoms with Gasteiger partial charge in [-0.05, 0) is 65.5 Å². The minimum atomic E-state index is -0.336. The summed E-state index contributed by atoms with van der Waals surface area (Å²) in [5.74, 6) is -0.800.